The Bertz CT molecular complexity index is 1510. The van der Waals surface area contributed by atoms with Gasteiger partial charge in [-0.3, -0.25) is 0 Å². The summed E-state index contributed by atoms with van der Waals surface area (Å²) in [5.74, 6) is -3.13. The van der Waals surface area contributed by atoms with E-state index < -0.39 is 11.9 Å². The van der Waals surface area contributed by atoms with Gasteiger partial charge in [0.25, 0.3) is 0 Å². The van der Waals surface area contributed by atoms with Crippen LogP contribution in [-0.2, 0) is 0 Å². The zero-order valence-corrected chi connectivity index (χ0v) is 20.3. The molecule has 0 saturated heterocycles. The number of nitrogens with zero attached hydrogens (tertiary/aromatic N) is 4. The van der Waals surface area contributed by atoms with E-state index in [1.807, 2.05) is 12.1 Å². The summed E-state index contributed by atoms with van der Waals surface area (Å²) in [5, 5.41) is 55.0. The molecule has 4 N–H and O–H groups in total. The zero-order chi connectivity index (χ0) is 27.4. The minimum absolute atomic E-state index is 0.250. The molecular weight excluding hydrogens is 488 g/mol. The third-order valence-electron chi connectivity index (χ3n) is 5.62. The summed E-state index contributed by atoms with van der Waals surface area (Å²) < 4.78 is 0. The lowest BCUT2D eigenvalue weighted by Crippen LogP contribution is -1.97. The van der Waals surface area contributed by atoms with Crippen LogP contribution >= 0.6 is 0 Å². The summed E-state index contributed by atoms with van der Waals surface area (Å²) in [6.45, 7) is 3.17. The number of aromatic carboxylic acids is 2. The summed E-state index contributed by atoms with van der Waals surface area (Å²) in [7, 11) is 0. The number of aryl methyl sites for hydroxylation is 2. The fourth-order valence-electron chi connectivity index (χ4n) is 3.69. The van der Waals surface area contributed by atoms with Crippen LogP contribution in [0.1, 0.15) is 31.8 Å². The number of carboxylic acids is 2. The molecule has 0 aliphatic carbocycles. The van der Waals surface area contributed by atoms with Crippen LogP contribution in [0.15, 0.2) is 93.3 Å². The van der Waals surface area contributed by atoms with Crippen molar-refractivity contribution in [1.82, 2.24) is 0 Å². The minimum atomic E-state index is -1.26. The summed E-state index contributed by atoms with van der Waals surface area (Å²) in [6, 6.07) is 20.0. The van der Waals surface area contributed by atoms with Crippen molar-refractivity contribution in [2.45, 2.75) is 13.8 Å². The smallest absolute Gasteiger partial charge is 0.339 e. The van der Waals surface area contributed by atoms with Gasteiger partial charge in [-0.15, -0.1) is 0 Å². The first-order valence-corrected chi connectivity index (χ1v) is 11.3. The number of hydrogen-bond acceptors (Lipinski definition) is 8. The van der Waals surface area contributed by atoms with Crippen molar-refractivity contribution in [1.29, 1.82) is 0 Å². The molecule has 0 fully saturated rings. The quantitative estimate of drug-likeness (QED) is 0.187. The molecule has 0 heterocycles. The second-order valence-corrected chi connectivity index (χ2v) is 8.43. The Morgan fingerprint density at radius 3 is 1.29 bits per heavy atom. The zero-order valence-electron chi connectivity index (χ0n) is 20.3. The molecule has 0 unspecified atom stereocenters. The van der Waals surface area contributed by atoms with Crippen LogP contribution < -0.4 is 0 Å². The molecule has 0 bridgehead atoms. The number of benzene rings is 4. The van der Waals surface area contributed by atoms with E-state index >= 15 is 0 Å². The normalized spacial score (nSPS) is 11.3. The molecule has 0 saturated carbocycles. The van der Waals surface area contributed by atoms with Gasteiger partial charge in [0, 0.05) is 0 Å². The summed E-state index contributed by atoms with van der Waals surface area (Å²) in [5.41, 5.74) is 3.53. The third-order valence-corrected chi connectivity index (χ3v) is 5.62. The monoisotopic (exact) mass is 510 g/mol. The predicted molar refractivity (Wildman–Crippen MR) is 140 cm³/mol. The number of hydrogen-bond donors (Lipinski definition) is 4. The molecule has 38 heavy (non-hydrogen) atoms. The van der Waals surface area contributed by atoms with Gasteiger partial charge in [0.05, 0.1) is 22.7 Å². The van der Waals surface area contributed by atoms with Gasteiger partial charge in [0.2, 0.25) is 0 Å². The van der Waals surface area contributed by atoms with Crippen LogP contribution in [0.4, 0.5) is 22.7 Å². The molecule has 4 aromatic rings. The Kier molecular flexibility index (Phi) is 7.24. The fourth-order valence-corrected chi connectivity index (χ4v) is 3.69. The van der Waals surface area contributed by atoms with Crippen molar-refractivity contribution in [2.75, 3.05) is 0 Å². The molecule has 0 aromatic heterocycles. The fraction of sp³-hybridized carbons (Fsp3) is 0.0714. The van der Waals surface area contributed by atoms with E-state index in [1.54, 1.807) is 62.4 Å². The molecule has 4 rings (SSSR count). The molecule has 0 radical (unpaired) electrons. The Balaban J connectivity index is 1.59. The van der Waals surface area contributed by atoms with Crippen LogP contribution in [0.3, 0.4) is 0 Å². The standard InChI is InChI=1S/C28H22N4O6/c1-15-9-21(13-23(25(15)33)27(35)36)31-29-19-7-3-5-17(11-19)18-6-4-8-20(12-18)30-32-22-10-16(2)26(34)24(14-22)28(37)38/h3-14,33-34H,1-2H3,(H,35,36)(H,37,38). The van der Waals surface area contributed by atoms with Crippen LogP contribution in [-0.4, -0.2) is 32.4 Å². The Morgan fingerprint density at radius 2 is 0.921 bits per heavy atom. The lowest BCUT2D eigenvalue weighted by molar-refractivity contribution is 0.0682. The van der Waals surface area contributed by atoms with Crippen molar-refractivity contribution in [3.63, 3.8) is 0 Å². The van der Waals surface area contributed by atoms with Crippen LogP contribution in [0.2, 0.25) is 0 Å². The maximum Gasteiger partial charge on any atom is 0.339 e. The van der Waals surface area contributed by atoms with Crippen LogP contribution in [0.5, 0.6) is 11.5 Å². The molecule has 0 aliphatic rings. The van der Waals surface area contributed by atoms with Gasteiger partial charge < -0.3 is 20.4 Å². The average Bonchev–Trinajstić information content (AvgIpc) is 2.89. The highest BCUT2D eigenvalue weighted by atomic mass is 16.4. The first-order valence-electron chi connectivity index (χ1n) is 11.3. The number of azo groups is 2. The molecule has 4 aromatic carbocycles. The number of carboxylic acid groups (broad SMARTS) is 2. The van der Waals surface area contributed by atoms with Gasteiger partial charge in [-0.05, 0) is 84.6 Å². The van der Waals surface area contributed by atoms with Gasteiger partial charge in [0.1, 0.15) is 22.6 Å². The highest BCUT2D eigenvalue weighted by Crippen LogP contribution is 2.32. The van der Waals surface area contributed by atoms with Gasteiger partial charge in [0.15, 0.2) is 0 Å². The minimum Gasteiger partial charge on any atom is -0.507 e. The second kappa shape index (κ2) is 10.7. The van der Waals surface area contributed by atoms with E-state index in [2.05, 4.69) is 20.5 Å². The largest absolute Gasteiger partial charge is 0.507 e. The topological polar surface area (TPSA) is 164 Å². The molecule has 0 spiro atoms. The molecule has 0 atom stereocenters. The van der Waals surface area contributed by atoms with E-state index in [4.69, 9.17) is 0 Å². The van der Waals surface area contributed by atoms with Crippen molar-refractivity contribution in [2.24, 2.45) is 20.5 Å². The van der Waals surface area contributed by atoms with Crippen molar-refractivity contribution < 1.29 is 30.0 Å². The van der Waals surface area contributed by atoms with Crippen molar-refractivity contribution in [3.8, 4) is 22.6 Å². The molecule has 10 nitrogen and oxygen atoms in total. The van der Waals surface area contributed by atoms with E-state index in [-0.39, 0.29) is 22.6 Å². The Morgan fingerprint density at radius 1 is 0.553 bits per heavy atom. The Hall–Kier alpha value is -5.38. The van der Waals surface area contributed by atoms with Gasteiger partial charge in [-0.1, -0.05) is 24.3 Å². The van der Waals surface area contributed by atoms with Gasteiger partial charge in [-0.2, -0.15) is 20.5 Å². The van der Waals surface area contributed by atoms with Gasteiger partial charge in [-0.25, -0.2) is 9.59 Å². The lowest BCUT2D eigenvalue weighted by atomic mass is 10.0. The predicted octanol–water partition coefficient (Wildman–Crippen LogP) is 7.61. The molecular formula is C28H22N4O6. The summed E-state index contributed by atoms with van der Waals surface area (Å²) >= 11 is 0. The molecule has 10 heteroatoms. The maximum absolute atomic E-state index is 11.3. The van der Waals surface area contributed by atoms with E-state index in [0.29, 0.717) is 33.9 Å². The summed E-state index contributed by atoms with van der Waals surface area (Å²) in [4.78, 5) is 22.7. The lowest BCUT2D eigenvalue weighted by Gasteiger charge is -2.06. The number of carbonyl (C=O) groups is 2. The van der Waals surface area contributed by atoms with Crippen molar-refractivity contribution >= 4 is 34.7 Å². The maximum atomic E-state index is 11.3. The molecule has 190 valence electrons. The van der Waals surface area contributed by atoms with Gasteiger partial charge >= 0.3 is 11.9 Å². The van der Waals surface area contributed by atoms with E-state index in [9.17, 15) is 30.0 Å². The summed E-state index contributed by atoms with van der Waals surface area (Å²) in [6.07, 6.45) is 0. The second-order valence-electron chi connectivity index (χ2n) is 8.43. The highest BCUT2D eigenvalue weighted by molar-refractivity contribution is 5.93. The Labute approximate surface area is 216 Å². The van der Waals surface area contributed by atoms with E-state index in [1.165, 1.54) is 12.1 Å². The number of phenols is 2. The molecule has 0 amide bonds. The van der Waals surface area contributed by atoms with Crippen molar-refractivity contribution in [3.05, 3.63) is 95.1 Å². The average molecular weight is 511 g/mol. The first kappa shape index (κ1) is 25.7. The number of aromatic hydroxyl groups is 2. The first-order chi connectivity index (χ1) is 18.1. The van der Waals surface area contributed by atoms with Crippen LogP contribution in [0.25, 0.3) is 11.1 Å². The molecule has 0 aliphatic heterocycles. The third kappa shape index (κ3) is 5.71. The highest BCUT2D eigenvalue weighted by Gasteiger charge is 2.14. The number of rotatable bonds is 7. The van der Waals surface area contributed by atoms with E-state index in [0.717, 1.165) is 11.1 Å². The van der Waals surface area contributed by atoms with Crippen LogP contribution in [0, 0.1) is 13.8 Å². The SMILES string of the molecule is Cc1cc(N=Nc2cccc(-c3cccc(N=Nc4cc(C)c(O)c(C(=O)O)c4)c3)c2)cc(C(=O)O)c1O.